The molecule has 0 unspecified atom stereocenters. The molecule has 1 aliphatic carbocycles. The molecule has 12 heteroatoms. The highest BCUT2D eigenvalue weighted by molar-refractivity contribution is 7.85. The summed E-state index contributed by atoms with van der Waals surface area (Å²) in [6, 6.07) is 6.05. The molecule has 9 nitrogen and oxygen atoms in total. The lowest BCUT2D eigenvalue weighted by Crippen LogP contribution is -2.48. The molecular weight excluding hydrogens is 491 g/mol. The number of benzene rings is 1. The molecule has 1 amide bonds. The summed E-state index contributed by atoms with van der Waals surface area (Å²) in [6.45, 7) is 5.07. The largest absolute Gasteiger partial charge is 0.441 e. The first-order valence-electron chi connectivity index (χ1n) is 10.6. The van der Waals surface area contributed by atoms with Crippen molar-refractivity contribution in [3.63, 3.8) is 0 Å². The quantitative estimate of drug-likeness (QED) is 0.559. The average Bonchev–Trinajstić information content (AvgIpc) is 3.26. The van der Waals surface area contributed by atoms with Gasteiger partial charge in [0.2, 0.25) is 0 Å². The van der Waals surface area contributed by atoms with Crippen LogP contribution in [-0.2, 0) is 10.1 Å². The molecule has 0 atom stereocenters. The van der Waals surface area contributed by atoms with Gasteiger partial charge in [0.1, 0.15) is 6.26 Å². The Morgan fingerprint density at radius 2 is 1.91 bits per heavy atom. The number of piperazine rings is 1. The van der Waals surface area contributed by atoms with Crippen molar-refractivity contribution in [1.82, 2.24) is 15.2 Å². The molecule has 2 aromatic rings. The number of anilines is 1. The zero-order valence-electron chi connectivity index (χ0n) is 18.3. The number of hydrogen-bond acceptors (Lipinski definition) is 7. The molecule has 1 saturated heterocycles. The summed E-state index contributed by atoms with van der Waals surface area (Å²) in [5.41, 5.74) is 1.03. The summed E-state index contributed by atoms with van der Waals surface area (Å²) < 4.78 is 30.9. The lowest BCUT2D eigenvalue weighted by atomic mass is 9.78. The number of amides is 1. The highest BCUT2D eigenvalue weighted by Gasteiger charge is 2.31. The van der Waals surface area contributed by atoms with E-state index in [1.54, 1.807) is 0 Å². The molecule has 1 aromatic carbocycles. The number of aromatic nitrogens is 1. The van der Waals surface area contributed by atoms with E-state index in [2.05, 4.69) is 20.1 Å². The van der Waals surface area contributed by atoms with Crippen LogP contribution >= 0.6 is 23.2 Å². The van der Waals surface area contributed by atoms with E-state index in [9.17, 15) is 13.2 Å². The second kappa shape index (κ2) is 11.5. The lowest BCUT2D eigenvalue weighted by Gasteiger charge is -2.39. The van der Waals surface area contributed by atoms with Crippen LogP contribution < -0.4 is 10.2 Å². The fourth-order valence-corrected chi connectivity index (χ4v) is 4.40. The number of carbonyl (C=O) groups is 1. The van der Waals surface area contributed by atoms with E-state index in [1.807, 2.05) is 18.2 Å². The van der Waals surface area contributed by atoms with Gasteiger partial charge in [0.25, 0.3) is 16.0 Å². The molecule has 2 aliphatic rings. The molecule has 2 heterocycles. The van der Waals surface area contributed by atoms with Crippen molar-refractivity contribution in [3.8, 4) is 0 Å². The standard InChI is InChI=1S/C20H24Cl2N4O2.CH4O3S/c21-16-2-1-3-17(18(16)22)26-9-7-25(8-10-26)6-4-14-12-15(13-14)24-19(27)20-23-5-11-28-20;1-5(2,3)4/h1-3,5,11,14-15H,4,6-10,12-13H2,(H,24,27);1H3,(H,2,3,4). The molecule has 0 bridgehead atoms. The highest BCUT2D eigenvalue weighted by atomic mass is 35.5. The predicted octanol–water partition coefficient (Wildman–Crippen LogP) is 3.21. The zero-order chi connectivity index (χ0) is 24.0. The maximum absolute atomic E-state index is 11.9. The number of nitrogens with zero attached hydrogens (tertiary/aromatic N) is 3. The number of rotatable bonds is 6. The minimum absolute atomic E-state index is 0.140. The zero-order valence-corrected chi connectivity index (χ0v) is 20.6. The van der Waals surface area contributed by atoms with Crippen LogP contribution in [0.15, 0.2) is 35.1 Å². The van der Waals surface area contributed by atoms with Gasteiger partial charge >= 0.3 is 5.91 Å². The van der Waals surface area contributed by atoms with Crippen LogP contribution in [0.5, 0.6) is 0 Å². The van der Waals surface area contributed by atoms with Crippen LogP contribution in [0.25, 0.3) is 0 Å². The summed E-state index contributed by atoms with van der Waals surface area (Å²) in [7, 11) is -3.67. The Kier molecular flexibility index (Phi) is 9.00. The summed E-state index contributed by atoms with van der Waals surface area (Å²) >= 11 is 12.5. The maximum Gasteiger partial charge on any atom is 0.307 e. The van der Waals surface area contributed by atoms with E-state index >= 15 is 0 Å². The van der Waals surface area contributed by atoms with Gasteiger partial charge in [-0.1, -0.05) is 29.3 Å². The molecule has 4 rings (SSSR count). The maximum atomic E-state index is 11.9. The van der Waals surface area contributed by atoms with Crippen LogP contribution in [-0.4, -0.2) is 73.8 Å². The third-order valence-electron chi connectivity index (χ3n) is 5.70. The van der Waals surface area contributed by atoms with Crippen LogP contribution in [0, 0.1) is 5.92 Å². The average molecular weight is 519 g/mol. The fourth-order valence-electron chi connectivity index (χ4n) is 3.99. The van der Waals surface area contributed by atoms with E-state index in [0.29, 0.717) is 22.2 Å². The molecule has 2 fully saturated rings. The van der Waals surface area contributed by atoms with Gasteiger partial charge < -0.3 is 14.6 Å². The Hall–Kier alpha value is -1.85. The van der Waals surface area contributed by atoms with Crippen molar-refractivity contribution in [1.29, 1.82) is 0 Å². The first-order valence-corrected chi connectivity index (χ1v) is 13.2. The highest BCUT2D eigenvalue weighted by Crippen LogP contribution is 2.33. The number of carbonyl (C=O) groups excluding carboxylic acids is 1. The normalized spacial score (nSPS) is 21.0. The summed E-state index contributed by atoms with van der Waals surface area (Å²) in [4.78, 5) is 20.6. The van der Waals surface area contributed by atoms with E-state index in [-0.39, 0.29) is 17.8 Å². The fraction of sp³-hybridized carbons (Fsp3) is 0.524. The summed E-state index contributed by atoms with van der Waals surface area (Å²) in [6.07, 6.45) is 6.85. The molecule has 1 aliphatic heterocycles. The minimum Gasteiger partial charge on any atom is -0.441 e. The van der Waals surface area contributed by atoms with Crippen molar-refractivity contribution in [3.05, 3.63) is 46.6 Å². The van der Waals surface area contributed by atoms with Crippen LogP contribution in [0.1, 0.15) is 29.9 Å². The van der Waals surface area contributed by atoms with E-state index in [1.165, 1.54) is 18.9 Å². The predicted molar refractivity (Wildman–Crippen MR) is 128 cm³/mol. The topological polar surface area (TPSA) is 116 Å². The Bertz CT molecular complexity index is 1010. The smallest absolute Gasteiger partial charge is 0.307 e. The number of oxazole rings is 1. The van der Waals surface area contributed by atoms with Gasteiger partial charge in [-0.3, -0.25) is 14.2 Å². The van der Waals surface area contributed by atoms with Gasteiger partial charge in [0, 0.05) is 32.2 Å². The Morgan fingerprint density at radius 3 is 2.52 bits per heavy atom. The second-order valence-corrected chi connectivity index (χ2v) is 10.5. The van der Waals surface area contributed by atoms with Gasteiger partial charge in [-0.15, -0.1) is 0 Å². The SMILES string of the molecule is CS(=O)(=O)O.O=C(NC1CC(CCN2CCN(c3cccc(Cl)c3Cl)CC2)C1)c1ncco1. The molecule has 0 spiro atoms. The Balaban J connectivity index is 0.000000555. The van der Waals surface area contributed by atoms with Crippen molar-refractivity contribution in [2.45, 2.75) is 25.3 Å². The Morgan fingerprint density at radius 1 is 1.24 bits per heavy atom. The van der Waals surface area contributed by atoms with Crippen molar-refractivity contribution < 1.29 is 22.2 Å². The number of halogens is 2. The first-order chi connectivity index (χ1) is 15.6. The van der Waals surface area contributed by atoms with Crippen LogP contribution in [0.4, 0.5) is 5.69 Å². The van der Waals surface area contributed by atoms with Crippen molar-refractivity contribution >= 4 is 44.9 Å². The number of hydrogen-bond donors (Lipinski definition) is 2. The van der Waals surface area contributed by atoms with Gasteiger partial charge in [-0.25, -0.2) is 4.98 Å². The molecular formula is C21H28Cl2N4O5S. The molecule has 182 valence electrons. The van der Waals surface area contributed by atoms with Crippen molar-refractivity contribution in [2.75, 3.05) is 43.9 Å². The molecule has 0 radical (unpaired) electrons. The third-order valence-corrected chi connectivity index (χ3v) is 6.50. The lowest BCUT2D eigenvalue weighted by molar-refractivity contribution is 0.0842. The summed E-state index contributed by atoms with van der Waals surface area (Å²) in [5, 5.41) is 4.23. The molecule has 1 aromatic heterocycles. The van der Waals surface area contributed by atoms with Gasteiger partial charge in [0.15, 0.2) is 0 Å². The molecule has 33 heavy (non-hydrogen) atoms. The van der Waals surface area contributed by atoms with Gasteiger partial charge in [-0.2, -0.15) is 8.42 Å². The second-order valence-electron chi connectivity index (χ2n) is 8.27. The molecule has 1 saturated carbocycles. The van der Waals surface area contributed by atoms with Gasteiger partial charge in [0.05, 0.1) is 28.2 Å². The Labute approximate surface area is 203 Å². The van der Waals surface area contributed by atoms with E-state index in [4.69, 9.17) is 32.2 Å². The number of nitrogens with one attached hydrogen (secondary N) is 1. The first kappa shape index (κ1) is 25.8. The summed E-state index contributed by atoms with van der Waals surface area (Å²) in [5.74, 6) is 0.598. The monoisotopic (exact) mass is 518 g/mol. The van der Waals surface area contributed by atoms with Gasteiger partial charge in [-0.05, 0) is 43.9 Å². The van der Waals surface area contributed by atoms with Crippen LogP contribution in [0.3, 0.4) is 0 Å². The van der Waals surface area contributed by atoms with E-state index < -0.39 is 10.1 Å². The third kappa shape index (κ3) is 8.15. The van der Waals surface area contributed by atoms with Crippen LogP contribution in [0.2, 0.25) is 10.0 Å². The molecule has 2 N–H and O–H groups in total. The van der Waals surface area contributed by atoms with Crippen molar-refractivity contribution in [2.24, 2.45) is 5.92 Å². The minimum atomic E-state index is -3.67. The van der Waals surface area contributed by atoms with E-state index in [0.717, 1.165) is 51.3 Å².